The lowest BCUT2D eigenvalue weighted by Crippen LogP contribution is -2.42. The molecule has 75 valence electrons. The Bertz CT molecular complexity index is 146. The van der Waals surface area contributed by atoms with Crippen LogP contribution in [-0.2, 0) is 0 Å². The van der Waals surface area contributed by atoms with Crippen LogP contribution in [0.5, 0.6) is 0 Å². The first-order chi connectivity index (χ1) is 6.36. The van der Waals surface area contributed by atoms with E-state index in [-0.39, 0.29) is 6.10 Å². The summed E-state index contributed by atoms with van der Waals surface area (Å²) >= 11 is 0. The van der Waals surface area contributed by atoms with Gasteiger partial charge in [0, 0.05) is 6.04 Å². The van der Waals surface area contributed by atoms with E-state index >= 15 is 0 Å². The minimum atomic E-state index is -0.00685. The zero-order chi connectivity index (χ0) is 9.10. The van der Waals surface area contributed by atoms with Crippen LogP contribution in [0.25, 0.3) is 0 Å². The van der Waals surface area contributed by atoms with Crippen LogP contribution in [0.1, 0.15) is 38.5 Å². The number of hydrogen-bond donors (Lipinski definition) is 1. The number of nitrogens with zero attached hydrogens (tertiary/aromatic N) is 1. The summed E-state index contributed by atoms with van der Waals surface area (Å²) in [5.74, 6) is 0. The monoisotopic (exact) mass is 182 g/mol. The number of likely N-dealkylation sites (tertiary alicyclic amines) is 1. The van der Waals surface area contributed by atoms with Gasteiger partial charge >= 0.3 is 0 Å². The second kappa shape index (κ2) is 4.43. The molecule has 2 heteroatoms. The van der Waals surface area contributed by atoms with Crippen LogP contribution in [0.2, 0.25) is 0 Å². The van der Waals surface area contributed by atoms with Crippen molar-refractivity contribution in [3.63, 3.8) is 0 Å². The van der Waals surface area contributed by atoms with Crippen molar-refractivity contribution in [1.29, 1.82) is 0 Å². The van der Waals surface area contributed by atoms with Crippen molar-refractivity contribution in [1.82, 2.24) is 4.90 Å². The molecule has 1 aliphatic carbocycles. The van der Waals surface area contributed by atoms with E-state index in [1.165, 1.54) is 38.8 Å². The lowest BCUT2D eigenvalue weighted by molar-refractivity contribution is 0.0697. The highest BCUT2D eigenvalue weighted by molar-refractivity contribution is 4.84. The molecule has 1 radical (unpaired) electrons. The third-order valence-corrected chi connectivity index (χ3v) is 3.42. The van der Waals surface area contributed by atoms with Gasteiger partial charge in [0.1, 0.15) is 0 Å². The summed E-state index contributed by atoms with van der Waals surface area (Å²) in [7, 11) is 0. The van der Waals surface area contributed by atoms with E-state index in [0.29, 0.717) is 0 Å². The molecule has 1 heterocycles. The summed E-state index contributed by atoms with van der Waals surface area (Å²) in [4.78, 5) is 2.62. The van der Waals surface area contributed by atoms with Crippen molar-refractivity contribution in [3.05, 3.63) is 6.42 Å². The van der Waals surface area contributed by atoms with Crippen LogP contribution in [0.15, 0.2) is 0 Å². The summed E-state index contributed by atoms with van der Waals surface area (Å²) in [5, 5.41) is 9.40. The summed E-state index contributed by atoms with van der Waals surface area (Å²) in [5.41, 5.74) is 0. The van der Waals surface area contributed by atoms with Crippen molar-refractivity contribution in [3.8, 4) is 0 Å². The third-order valence-electron chi connectivity index (χ3n) is 3.42. The molecule has 0 unspecified atom stereocenters. The molecular formula is C11H20NO. The fraction of sp³-hybridized carbons (Fsp3) is 0.909. The zero-order valence-electron chi connectivity index (χ0n) is 8.28. The number of piperidine rings is 1. The van der Waals surface area contributed by atoms with E-state index < -0.39 is 0 Å². The van der Waals surface area contributed by atoms with E-state index in [1.54, 1.807) is 0 Å². The van der Waals surface area contributed by atoms with Gasteiger partial charge in [0.25, 0.3) is 0 Å². The Kier molecular flexibility index (Phi) is 3.23. The first-order valence-electron chi connectivity index (χ1n) is 5.60. The smallest absolute Gasteiger partial charge is 0.0541 e. The van der Waals surface area contributed by atoms with Crippen LogP contribution in [-0.4, -0.2) is 35.2 Å². The minimum Gasteiger partial charge on any atom is -0.393 e. The maximum absolute atomic E-state index is 9.40. The standard InChI is InChI=1S/C11H20NO/c13-11-6-4-10(5-7-11)12-8-2-1-3-9-12/h1,10-11,13H,2-9H2. The Morgan fingerprint density at radius 1 is 1.00 bits per heavy atom. The van der Waals surface area contributed by atoms with Gasteiger partial charge in [-0.3, -0.25) is 0 Å². The lowest BCUT2D eigenvalue weighted by atomic mass is 9.91. The first kappa shape index (κ1) is 9.47. The average molecular weight is 182 g/mol. The molecule has 13 heavy (non-hydrogen) atoms. The molecule has 0 bridgehead atoms. The van der Waals surface area contributed by atoms with Crippen molar-refractivity contribution >= 4 is 0 Å². The maximum atomic E-state index is 9.40. The Labute approximate surface area is 80.9 Å². The van der Waals surface area contributed by atoms with Gasteiger partial charge in [0.05, 0.1) is 6.10 Å². The van der Waals surface area contributed by atoms with Crippen molar-refractivity contribution in [2.45, 2.75) is 50.7 Å². The number of hydrogen-bond acceptors (Lipinski definition) is 2. The fourth-order valence-electron chi connectivity index (χ4n) is 2.56. The largest absolute Gasteiger partial charge is 0.393 e. The molecule has 0 spiro atoms. The van der Waals surface area contributed by atoms with Crippen LogP contribution in [0.3, 0.4) is 0 Å². The molecule has 1 saturated heterocycles. The summed E-state index contributed by atoms with van der Waals surface area (Å²) in [6.07, 6.45) is 9.37. The molecule has 2 rings (SSSR count). The molecule has 0 aromatic carbocycles. The van der Waals surface area contributed by atoms with Gasteiger partial charge in [-0.25, -0.2) is 0 Å². The van der Waals surface area contributed by atoms with Gasteiger partial charge < -0.3 is 10.0 Å². The van der Waals surface area contributed by atoms with Crippen molar-refractivity contribution < 1.29 is 5.11 Å². The topological polar surface area (TPSA) is 23.5 Å². The van der Waals surface area contributed by atoms with Crippen LogP contribution < -0.4 is 0 Å². The van der Waals surface area contributed by atoms with Crippen LogP contribution in [0, 0.1) is 6.42 Å². The van der Waals surface area contributed by atoms with Crippen LogP contribution >= 0.6 is 0 Å². The fourth-order valence-corrected chi connectivity index (χ4v) is 2.56. The molecule has 0 amide bonds. The van der Waals surface area contributed by atoms with E-state index in [9.17, 15) is 5.11 Å². The highest BCUT2D eigenvalue weighted by Gasteiger charge is 2.25. The molecular weight excluding hydrogens is 162 g/mol. The number of rotatable bonds is 1. The molecule has 2 fully saturated rings. The zero-order valence-corrected chi connectivity index (χ0v) is 8.28. The van der Waals surface area contributed by atoms with Gasteiger partial charge in [-0.1, -0.05) is 0 Å². The third kappa shape index (κ3) is 2.44. The quantitative estimate of drug-likeness (QED) is 0.665. The van der Waals surface area contributed by atoms with Gasteiger partial charge in [0.15, 0.2) is 0 Å². The Hall–Kier alpha value is -0.0800. The molecule has 1 N–H and O–H groups in total. The molecule has 1 saturated carbocycles. The van der Waals surface area contributed by atoms with Gasteiger partial charge in [-0.15, -0.1) is 0 Å². The molecule has 2 nitrogen and oxygen atoms in total. The predicted molar refractivity (Wildman–Crippen MR) is 53.4 cm³/mol. The van der Waals surface area contributed by atoms with Gasteiger partial charge in [0.2, 0.25) is 0 Å². The van der Waals surface area contributed by atoms with Gasteiger partial charge in [-0.05, 0) is 58.0 Å². The maximum Gasteiger partial charge on any atom is 0.0541 e. The van der Waals surface area contributed by atoms with Crippen molar-refractivity contribution in [2.24, 2.45) is 0 Å². The van der Waals surface area contributed by atoms with E-state index in [1.807, 2.05) is 0 Å². The molecule has 1 aliphatic heterocycles. The second-order valence-corrected chi connectivity index (χ2v) is 4.36. The highest BCUT2D eigenvalue weighted by Crippen LogP contribution is 2.25. The van der Waals surface area contributed by atoms with E-state index in [0.717, 1.165) is 18.9 Å². The average Bonchev–Trinajstić information content (AvgIpc) is 2.20. The lowest BCUT2D eigenvalue weighted by Gasteiger charge is -2.37. The first-order valence-corrected chi connectivity index (χ1v) is 5.60. The Morgan fingerprint density at radius 2 is 1.62 bits per heavy atom. The summed E-state index contributed by atoms with van der Waals surface area (Å²) in [6, 6.07) is 0.775. The van der Waals surface area contributed by atoms with Crippen molar-refractivity contribution in [2.75, 3.05) is 13.1 Å². The second-order valence-electron chi connectivity index (χ2n) is 4.36. The number of aliphatic hydroxyl groups excluding tert-OH is 1. The minimum absolute atomic E-state index is 0.00685. The Balaban J connectivity index is 1.79. The number of aliphatic hydroxyl groups is 1. The van der Waals surface area contributed by atoms with Crippen LogP contribution in [0.4, 0.5) is 0 Å². The molecule has 0 atom stereocenters. The van der Waals surface area contributed by atoms with Gasteiger partial charge in [-0.2, -0.15) is 0 Å². The Morgan fingerprint density at radius 3 is 2.23 bits per heavy atom. The van der Waals surface area contributed by atoms with E-state index in [2.05, 4.69) is 11.3 Å². The molecule has 0 aromatic heterocycles. The van der Waals surface area contributed by atoms with E-state index in [4.69, 9.17) is 0 Å². The SMILES string of the molecule is OC1CCC(N2CC[CH]CC2)CC1. The summed E-state index contributed by atoms with van der Waals surface area (Å²) < 4.78 is 0. The normalized spacial score (nSPS) is 37.6. The highest BCUT2D eigenvalue weighted by atomic mass is 16.3. The summed E-state index contributed by atoms with van der Waals surface area (Å²) in [6.45, 7) is 2.50. The predicted octanol–water partition coefficient (Wildman–Crippen LogP) is 1.59. The molecule has 2 aliphatic rings. The molecule has 0 aromatic rings.